The summed E-state index contributed by atoms with van der Waals surface area (Å²) in [7, 11) is 3.03. The predicted molar refractivity (Wildman–Crippen MR) is 127 cm³/mol. The smallest absolute Gasteiger partial charge is 0.336 e. The molecular weight excluding hydrogens is 420 g/mol. The van der Waals surface area contributed by atoms with Gasteiger partial charge in [-0.2, -0.15) is 0 Å². The number of carbonyl (C=O) groups excluding carboxylic acids is 3. The van der Waals surface area contributed by atoms with E-state index in [1.54, 1.807) is 42.5 Å². The van der Waals surface area contributed by atoms with Crippen LogP contribution in [-0.2, 0) is 0 Å². The average Bonchev–Trinajstić information content (AvgIpc) is 2.84. The molecule has 0 aromatic heterocycles. The van der Waals surface area contributed by atoms with Crippen LogP contribution in [-0.4, -0.2) is 43.3 Å². The van der Waals surface area contributed by atoms with Gasteiger partial charge < -0.3 is 15.7 Å². The van der Waals surface area contributed by atoms with Crippen LogP contribution < -0.4 is 10.6 Å². The molecule has 0 radical (unpaired) electrons. The van der Waals surface area contributed by atoms with Gasteiger partial charge in [-0.3, -0.25) is 14.4 Å². The number of rotatable bonds is 4. The van der Waals surface area contributed by atoms with Crippen molar-refractivity contribution in [3.8, 4) is 0 Å². The fourth-order valence-corrected chi connectivity index (χ4v) is 4.84. The van der Waals surface area contributed by atoms with Gasteiger partial charge in [0.05, 0.1) is 5.56 Å². The van der Waals surface area contributed by atoms with Crippen LogP contribution in [0.15, 0.2) is 48.5 Å². The number of carboxylic acids is 1. The maximum atomic E-state index is 12.6. The van der Waals surface area contributed by atoms with E-state index in [1.807, 2.05) is 0 Å². The summed E-state index contributed by atoms with van der Waals surface area (Å²) in [5, 5.41) is 20.3. The van der Waals surface area contributed by atoms with E-state index in [2.05, 4.69) is 10.6 Å². The molecule has 162 valence electrons. The number of benzene rings is 5. The Kier molecular flexibility index (Phi) is 4.49. The second kappa shape index (κ2) is 7.27. The number of carbonyl (C=O) groups is 4. The molecule has 0 unspecified atom stereocenters. The molecule has 0 aliphatic rings. The zero-order valence-corrected chi connectivity index (χ0v) is 17.8. The fraction of sp³-hybridized carbons (Fsp3) is 0.0769. The highest BCUT2D eigenvalue weighted by molar-refractivity contribution is 6.38. The summed E-state index contributed by atoms with van der Waals surface area (Å²) in [5.74, 6) is -1.83. The number of nitrogens with one attached hydrogen (secondary N) is 2. The Hall–Kier alpha value is -4.52. The number of hydrogen-bond donors (Lipinski definition) is 3. The SMILES string of the molecule is CNC(=O)c1ccc2c3ccc(C(=O)NC)c4c(C(=O)O)ccc(c5ccc(C=O)c1c52)c43. The second-order valence-electron chi connectivity index (χ2n) is 7.77. The molecule has 0 aliphatic carbocycles. The van der Waals surface area contributed by atoms with Gasteiger partial charge in [0.15, 0.2) is 6.29 Å². The van der Waals surface area contributed by atoms with Crippen LogP contribution in [0.2, 0.25) is 0 Å². The van der Waals surface area contributed by atoms with Crippen molar-refractivity contribution in [1.29, 1.82) is 0 Å². The Morgan fingerprint density at radius 1 is 0.636 bits per heavy atom. The first-order valence-electron chi connectivity index (χ1n) is 10.3. The minimum Gasteiger partial charge on any atom is -0.478 e. The van der Waals surface area contributed by atoms with Crippen molar-refractivity contribution in [1.82, 2.24) is 10.6 Å². The number of amides is 2. The van der Waals surface area contributed by atoms with Gasteiger partial charge >= 0.3 is 5.97 Å². The quantitative estimate of drug-likeness (QED) is 0.223. The van der Waals surface area contributed by atoms with E-state index in [0.29, 0.717) is 27.3 Å². The molecule has 5 rings (SSSR count). The van der Waals surface area contributed by atoms with Crippen molar-refractivity contribution in [2.45, 2.75) is 0 Å². The summed E-state index contributed by atoms with van der Waals surface area (Å²) in [6, 6.07) is 13.5. The molecule has 0 fully saturated rings. The first kappa shape index (κ1) is 20.4. The Balaban J connectivity index is 2.12. The highest BCUT2D eigenvalue weighted by atomic mass is 16.4. The zero-order chi connectivity index (χ0) is 23.4. The van der Waals surface area contributed by atoms with E-state index in [9.17, 15) is 24.3 Å². The molecule has 7 nitrogen and oxygen atoms in total. The topological polar surface area (TPSA) is 113 Å². The number of carboxylic acid groups (broad SMARTS) is 1. The van der Waals surface area contributed by atoms with Crippen LogP contribution in [0.4, 0.5) is 0 Å². The molecule has 0 bridgehead atoms. The van der Waals surface area contributed by atoms with Crippen LogP contribution in [0, 0.1) is 0 Å². The van der Waals surface area contributed by atoms with E-state index < -0.39 is 5.97 Å². The summed E-state index contributed by atoms with van der Waals surface area (Å²) in [5.41, 5.74) is 1.06. The number of fused-ring (bicyclic) bond motifs is 2. The lowest BCUT2D eigenvalue weighted by Gasteiger charge is -2.19. The lowest BCUT2D eigenvalue weighted by molar-refractivity contribution is 0.0698. The van der Waals surface area contributed by atoms with Crippen molar-refractivity contribution in [3.63, 3.8) is 0 Å². The lowest BCUT2D eigenvalue weighted by atomic mass is 9.84. The third-order valence-electron chi connectivity index (χ3n) is 6.23. The molecule has 33 heavy (non-hydrogen) atoms. The third kappa shape index (κ3) is 2.69. The van der Waals surface area contributed by atoms with Crippen LogP contribution in [0.3, 0.4) is 0 Å². The summed E-state index contributed by atoms with van der Waals surface area (Å²) in [6.45, 7) is 0. The van der Waals surface area contributed by atoms with Crippen molar-refractivity contribution < 1.29 is 24.3 Å². The highest BCUT2D eigenvalue weighted by Gasteiger charge is 2.24. The van der Waals surface area contributed by atoms with Gasteiger partial charge in [-0.25, -0.2) is 4.79 Å². The zero-order valence-electron chi connectivity index (χ0n) is 17.8. The summed E-state index contributed by atoms with van der Waals surface area (Å²) >= 11 is 0. The molecule has 0 saturated carbocycles. The molecule has 5 aromatic carbocycles. The second-order valence-corrected chi connectivity index (χ2v) is 7.77. The van der Waals surface area contributed by atoms with Crippen molar-refractivity contribution in [3.05, 3.63) is 70.8 Å². The van der Waals surface area contributed by atoms with Crippen LogP contribution in [0.25, 0.3) is 43.1 Å². The van der Waals surface area contributed by atoms with Crippen LogP contribution in [0.5, 0.6) is 0 Å². The largest absolute Gasteiger partial charge is 0.478 e. The van der Waals surface area contributed by atoms with Crippen LogP contribution >= 0.6 is 0 Å². The highest BCUT2D eigenvalue weighted by Crippen LogP contribution is 2.43. The van der Waals surface area contributed by atoms with E-state index in [4.69, 9.17) is 0 Å². The minimum atomic E-state index is -1.13. The van der Waals surface area contributed by atoms with E-state index in [1.165, 1.54) is 20.2 Å². The first-order chi connectivity index (χ1) is 15.9. The molecule has 0 aliphatic heterocycles. The number of aromatic carboxylic acids is 1. The molecule has 7 heteroatoms. The molecule has 0 heterocycles. The Labute approximate surface area is 187 Å². The lowest BCUT2D eigenvalue weighted by Crippen LogP contribution is -2.19. The van der Waals surface area contributed by atoms with Gasteiger partial charge in [0.25, 0.3) is 11.8 Å². The molecule has 0 saturated heterocycles. The van der Waals surface area contributed by atoms with Gasteiger partial charge in [0, 0.05) is 41.6 Å². The number of hydrogen-bond acceptors (Lipinski definition) is 4. The van der Waals surface area contributed by atoms with Crippen molar-refractivity contribution in [2.75, 3.05) is 14.1 Å². The normalized spacial score (nSPS) is 11.3. The molecule has 0 spiro atoms. The summed E-state index contributed by atoms with van der Waals surface area (Å²) in [4.78, 5) is 49.2. The monoisotopic (exact) mass is 438 g/mol. The van der Waals surface area contributed by atoms with E-state index >= 15 is 0 Å². The maximum absolute atomic E-state index is 12.6. The van der Waals surface area contributed by atoms with Crippen molar-refractivity contribution in [2.24, 2.45) is 0 Å². The Morgan fingerprint density at radius 3 is 1.52 bits per heavy atom. The van der Waals surface area contributed by atoms with Gasteiger partial charge in [-0.1, -0.05) is 30.3 Å². The van der Waals surface area contributed by atoms with Crippen molar-refractivity contribution >= 4 is 67.2 Å². The van der Waals surface area contributed by atoms with E-state index in [-0.39, 0.29) is 22.9 Å². The fourth-order valence-electron chi connectivity index (χ4n) is 4.84. The van der Waals surface area contributed by atoms with Crippen LogP contribution in [0.1, 0.15) is 41.4 Å². The predicted octanol–water partition coefficient (Wildman–Crippen LogP) is 3.97. The van der Waals surface area contributed by atoms with Gasteiger partial charge in [-0.15, -0.1) is 0 Å². The third-order valence-corrected chi connectivity index (χ3v) is 6.23. The Morgan fingerprint density at radius 2 is 1.06 bits per heavy atom. The van der Waals surface area contributed by atoms with Gasteiger partial charge in [0.2, 0.25) is 0 Å². The van der Waals surface area contributed by atoms with Gasteiger partial charge in [0.1, 0.15) is 0 Å². The number of aldehydes is 1. The standard InChI is InChI=1S/C26H18N2O5/c1-27-24(30)17-8-5-14-15-6-9-18(25(31)28-2)23-19(26(32)33)10-7-16(22(15)23)13-4-3-12(11-29)20(17)21(13)14/h3-11H,1-2H3,(H,27,30)(H,28,31)(H,32,33). The first-order valence-corrected chi connectivity index (χ1v) is 10.3. The molecule has 3 N–H and O–H groups in total. The summed E-state index contributed by atoms with van der Waals surface area (Å²) in [6.07, 6.45) is 0.725. The van der Waals surface area contributed by atoms with Gasteiger partial charge in [-0.05, 0) is 50.5 Å². The molecule has 5 aromatic rings. The van der Waals surface area contributed by atoms with E-state index in [0.717, 1.165) is 33.2 Å². The minimum absolute atomic E-state index is 0.0281. The molecular formula is C26H18N2O5. The average molecular weight is 438 g/mol. The molecule has 0 atom stereocenters. The summed E-state index contributed by atoms with van der Waals surface area (Å²) < 4.78 is 0. The maximum Gasteiger partial charge on any atom is 0.336 e. The molecule has 2 amide bonds. The Bertz CT molecular complexity index is 1650.